The second-order valence-corrected chi connectivity index (χ2v) is 6.50. The number of carbonyl (C=O) groups is 2. The quantitative estimate of drug-likeness (QED) is 0.393. The van der Waals surface area contributed by atoms with Crippen molar-refractivity contribution in [2.24, 2.45) is 5.10 Å². The number of aryl methyl sites for hydroxylation is 1. The highest BCUT2D eigenvalue weighted by atomic mass is 16.5. The predicted octanol–water partition coefficient (Wildman–Crippen LogP) is 4.03. The second-order valence-electron chi connectivity index (χ2n) is 6.50. The zero-order valence-electron chi connectivity index (χ0n) is 16.7. The highest BCUT2D eigenvalue weighted by Crippen LogP contribution is 2.21. The lowest BCUT2D eigenvalue weighted by atomic mass is 10.2. The van der Waals surface area contributed by atoms with Crippen molar-refractivity contribution in [1.29, 1.82) is 0 Å². The number of nitrogens with one attached hydrogen (secondary N) is 1. The van der Waals surface area contributed by atoms with Crippen molar-refractivity contribution >= 4 is 18.1 Å². The Bertz CT molecular complexity index is 1050. The van der Waals surface area contributed by atoms with E-state index in [1.807, 2.05) is 42.7 Å². The first-order chi connectivity index (χ1) is 14.0. The van der Waals surface area contributed by atoms with E-state index in [0.29, 0.717) is 17.7 Å². The van der Waals surface area contributed by atoms with E-state index < -0.39 is 0 Å². The maximum absolute atomic E-state index is 12.1. The van der Waals surface area contributed by atoms with E-state index in [4.69, 9.17) is 4.74 Å². The van der Waals surface area contributed by atoms with Crippen molar-refractivity contribution in [3.8, 4) is 5.69 Å². The molecule has 1 aromatic heterocycles. The van der Waals surface area contributed by atoms with Crippen LogP contribution in [-0.2, 0) is 4.74 Å². The molecular weight excluding hydrogens is 366 g/mol. The zero-order chi connectivity index (χ0) is 20.8. The average molecular weight is 389 g/mol. The summed E-state index contributed by atoms with van der Waals surface area (Å²) in [6.45, 7) is 6.05. The fraction of sp³-hybridized carbons (Fsp3) is 0.174. The molecule has 29 heavy (non-hydrogen) atoms. The minimum absolute atomic E-state index is 0.266. The Hall–Kier alpha value is -3.67. The van der Waals surface area contributed by atoms with Crippen LogP contribution in [0.5, 0.6) is 0 Å². The molecule has 0 atom stereocenters. The normalized spacial score (nSPS) is 10.9. The third-order valence-electron chi connectivity index (χ3n) is 4.49. The summed E-state index contributed by atoms with van der Waals surface area (Å²) in [5.41, 5.74) is 7.25. The largest absolute Gasteiger partial charge is 0.462 e. The maximum Gasteiger partial charge on any atom is 0.338 e. The van der Waals surface area contributed by atoms with E-state index in [2.05, 4.69) is 10.5 Å². The number of amides is 1. The molecule has 2 aromatic carbocycles. The summed E-state index contributed by atoms with van der Waals surface area (Å²) in [4.78, 5) is 24.1. The van der Waals surface area contributed by atoms with Crippen molar-refractivity contribution in [1.82, 2.24) is 9.99 Å². The van der Waals surface area contributed by atoms with Gasteiger partial charge in [-0.2, -0.15) is 5.10 Å². The number of ether oxygens (including phenoxy) is 1. The minimum Gasteiger partial charge on any atom is -0.462 e. The molecule has 1 N–H and O–H groups in total. The van der Waals surface area contributed by atoms with Gasteiger partial charge in [-0.25, -0.2) is 10.2 Å². The van der Waals surface area contributed by atoms with Gasteiger partial charge in [0.2, 0.25) is 0 Å². The number of nitrogens with zero attached hydrogens (tertiary/aromatic N) is 2. The molecule has 0 saturated heterocycles. The second kappa shape index (κ2) is 9.01. The fourth-order valence-corrected chi connectivity index (χ4v) is 3.12. The molecule has 0 bridgehead atoms. The number of benzene rings is 2. The molecule has 6 heteroatoms. The van der Waals surface area contributed by atoms with Crippen LogP contribution in [-0.4, -0.2) is 29.3 Å². The summed E-state index contributed by atoms with van der Waals surface area (Å²) in [7, 11) is 0. The van der Waals surface area contributed by atoms with Crippen LogP contribution in [0.4, 0.5) is 0 Å². The number of rotatable bonds is 6. The highest BCUT2D eigenvalue weighted by molar-refractivity contribution is 5.95. The van der Waals surface area contributed by atoms with Gasteiger partial charge in [0.1, 0.15) is 0 Å². The molecule has 3 aromatic rings. The Balaban J connectivity index is 1.81. The highest BCUT2D eigenvalue weighted by Gasteiger charge is 2.12. The summed E-state index contributed by atoms with van der Waals surface area (Å²) in [6.07, 6.45) is 1.62. The van der Waals surface area contributed by atoms with Gasteiger partial charge in [-0.3, -0.25) is 4.79 Å². The molecule has 0 unspecified atom stereocenters. The van der Waals surface area contributed by atoms with Gasteiger partial charge in [-0.15, -0.1) is 0 Å². The van der Waals surface area contributed by atoms with Crippen molar-refractivity contribution in [3.05, 3.63) is 88.7 Å². The van der Waals surface area contributed by atoms with Gasteiger partial charge in [-0.05, 0) is 57.2 Å². The van der Waals surface area contributed by atoms with Gasteiger partial charge in [0.15, 0.2) is 0 Å². The van der Waals surface area contributed by atoms with Gasteiger partial charge in [0.05, 0.1) is 18.4 Å². The Labute approximate surface area is 169 Å². The molecule has 148 valence electrons. The first-order valence-corrected chi connectivity index (χ1v) is 9.36. The van der Waals surface area contributed by atoms with Crippen LogP contribution < -0.4 is 5.43 Å². The smallest absolute Gasteiger partial charge is 0.338 e. The van der Waals surface area contributed by atoms with Crippen LogP contribution in [0.15, 0.2) is 65.8 Å². The SMILES string of the molecule is CCOC(=O)c1cccc(-n2c(C)cc(/C=N/NC(=O)c3ccccc3)c2C)c1. The lowest BCUT2D eigenvalue weighted by molar-refractivity contribution is 0.0526. The summed E-state index contributed by atoms with van der Waals surface area (Å²) >= 11 is 0. The van der Waals surface area contributed by atoms with Crippen molar-refractivity contribution < 1.29 is 14.3 Å². The lowest BCUT2D eigenvalue weighted by Gasteiger charge is -2.11. The Morgan fingerprint density at radius 1 is 1.03 bits per heavy atom. The van der Waals surface area contributed by atoms with E-state index in [1.165, 1.54) is 0 Å². The van der Waals surface area contributed by atoms with Crippen LogP contribution in [0.1, 0.15) is 44.6 Å². The molecule has 0 fully saturated rings. The van der Waals surface area contributed by atoms with E-state index in [0.717, 1.165) is 22.6 Å². The summed E-state index contributed by atoms with van der Waals surface area (Å²) in [6, 6.07) is 18.2. The summed E-state index contributed by atoms with van der Waals surface area (Å²) in [5, 5.41) is 4.08. The van der Waals surface area contributed by atoms with Gasteiger partial charge in [0, 0.05) is 28.2 Å². The molecule has 0 aliphatic rings. The van der Waals surface area contributed by atoms with Gasteiger partial charge >= 0.3 is 5.97 Å². The molecule has 3 rings (SSSR count). The van der Waals surface area contributed by atoms with Gasteiger partial charge in [-0.1, -0.05) is 24.3 Å². The predicted molar refractivity (Wildman–Crippen MR) is 113 cm³/mol. The number of hydrogen-bond acceptors (Lipinski definition) is 4. The summed E-state index contributed by atoms with van der Waals surface area (Å²) in [5.74, 6) is -0.611. The number of esters is 1. The molecule has 6 nitrogen and oxygen atoms in total. The third-order valence-corrected chi connectivity index (χ3v) is 4.49. The minimum atomic E-state index is -0.345. The van der Waals surface area contributed by atoms with Crippen LogP contribution in [0, 0.1) is 13.8 Å². The monoisotopic (exact) mass is 389 g/mol. The van der Waals surface area contributed by atoms with Crippen molar-refractivity contribution in [3.63, 3.8) is 0 Å². The standard InChI is InChI=1S/C23H23N3O3/c1-4-29-23(28)19-11-8-12-21(14-19)26-16(2)13-20(17(26)3)15-24-25-22(27)18-9-6-5-7-10-18/h5-15H,4H2,1-3H3,(H,25,27)/b24-15+. The van der Waals surface area contributed by atoms with Crippen LogP contribution in [0.2, 0.25) is 0 Å². The van der Waals surface area contributed by atoms with Crippen LogP contribution >= 0.6 is 0 Å². The molecule has 1 amide bonds. The maximum atomic E-state index is 12.1. The van der Waals surface area contributed by atoms with Gasteiger partial charge < -0.3 is 9.30 Å². The van der Waals surface area contributed by atoms with E-state index >= 15 is 0 Å². The zero-order valence-corrected chi connectivity index (χ0v) is 16.7. The number of hydrogen-bond donors (Lipinski definition) is 1. The number of hydrazone groups is 1. The number of aromatic nitrogens is 1. The Morgan fingerprint density at radius 3 is 2.48 bits per heavy atom. The molecular formula is C23H23N3O3. The first-order valence-electron chi connectivity index (χ1n) is 9.36. The third kappa shape index (κ3) is 4.60. The lowest BCUT2D eigenvalue weighted by Crippen LogP contribution is -2.17. The van der Waals surface area contributed by atoms with E-state index in [-0.39, 0.29) is 11.9 Å². The molecule has 0 radical (unpaired) electrons. The van der Waals surface area contributed by atoms with Crippen LogP contribution in [0.3, 0.4) is 0 Å². The molecule has 0 aliphatic carbocycles. The molecule has 0 aliphatic heterocycles. The van der Waals surface area contributed by atoms with E-state index in [9.17, 15) is 9.59 Å². The number of carbonyl (C=O) groups excluding carboxylic acids is 2. The fourth-order valence-electron chi connectivity index (χ4n) is 3.12. The average Bonchev–Trinajstić information content (AvgIpc) is 3.02. The topological polar surface area (TPSA) is 72.7 Å². The van der Waals surface area contributed by atoms with Crippen molar-refractivity contribution in [2.45, 2.75) is 20.8 Å². The van der Waals surface area contributed by atoms with Crippen LogP contribution in [0.25, 0.3) is 5.69 Å². The molecule has 0 saturated carbocycles. The Kier molecular flexibility index (Phi) is 6.24. The first kappa shape index (κ1) is 20.1. The molecule has 1 heterocycles. The Morgan fingerprint density at radius 2 is 1.76 bits per heavy atom. The summed E-state index contributed by atoms with van der Waals surface area (Å²) < 4.78 is 7.12. The molecule has 0 spiro atoms. The van der Waals surface area contributed by atoms with E-state index in [1.54, 1.807) is 49.5 Å². The van der Waals surface area contributed by atoms with Gasteiger partial charge in [0.25, 0.3) is 5.91 Å². The van der Waals surface area contributed by atoms with Crippen molar-refractivity contribution in [2.75, 3.05) is 6.61 Å².